The highest BCUT2D eigenvalue weighted by Gasteiger charge is 2.26. The van der Waals surface area contributed by atoms with E-state index in [-0.39, 0.29) is 17.7 Å². The molecule has 4 heteroatoms. The molecule has 0 atom stereocenters. The van der Waals surface area contributed by atoms with Crippen LogP contribution in [0, 0.1) is 0 Å². The molecule has 1 N–H and O–H groups in total. The molecule has 0 unspecified atom stereocenters. The zero-order valence-corrected chi connectivity index (χ0v) is 9.58. The SMILES string of the molecule is O=C1CC(c2ccccc2Br)CC(=O)N1. The Bertz CT molecular complexity index is 401. The van der Waals surface area contributed by atoms with E-state index in [2.05, 4.69) is 21.2 Å². The Labute approximate surface area is 96.0 Å². The van der Waals surface area contributed by atoms with Crippen molar-refractivity contribution >= 4 is 27.7 Å². The average Bonchev–Trinajstić information content (AvgIpc) is 2.16. The number of carbonyl (C=O) groups excluding carboxylic acids is 2. The largest absolute Gasteiger partial charge is 0.296 e. The van der Waals surface area contributed by atoms with E-state index < -0.39 is 0 Å². The number of amides is 2. The molecular weight excluding hydrogens is 258 g/mol. The smallest absolute Gasteiger partial charge is 0.227 e. The second-order valence-electron chi connectivity index (χ2n) is 3.60. The summed E-state index contributed by atoms with van der Waals surface area (Å²) in [6, 6.07) is 7.70. The predicted molar refractivity (Wildman–Crippen MR) is 59.3 cm³/mol. The van der Waals surface area contributed by atoms with Crippen molar-refractivity contribution in [2.24, 2.45) is 0 Å². The first-order valence-electron chi connectivity index (χ1n) is 4.74. The van der Waals surface area contributed by atoms with Crippen molar-refractivity contribution in [3.05, 3.63) is 34.3 Å². The van der Waals surface area contributed by atoms with E-state index in [9.17, 15) is 9.59 Å². The Kier molecular flexibility index (Phi) is 2.86. The molecule has 0 aromatic heterocycles. The number of benzene rings is 1. The maximum absolute atomic E-state index is 11.2. The van der Waals surface area contributed by atoms with E-state index in [1.807, 2.05) is 24.3 Å². The third-order valence-corrected chi connectivity index (χ3v) is 3.21. The van der Waals surface area contributed by atoms with Crippen LogP contribution in [0.1, 0.15) is 24.3 Å². The van der Waals surface area contributed by atoms with E-state index in [0.717, 1.165) is 10.0 Å². The van der Waals surface area contributed by atoms with E-state index >= 15 is 0 Å². The maximum atomic E-state index is 11.2. The molecule has 15 heavy (non-hydrogen) atoms. The summed E-state index contributed by atoms with van der Waals surface area (Å²) in [5.74, 6) is -0.374. The molecule has 1 aliphatic rings. The second kappa shape index (κ2) is 4.14. The fraction of sp³-hybridized carbons (Fsp3) is 0.273. The third-order valence-electron chi connectivity index (χ3n) is 2.49. The van der Waals surface area contributed by atoms with Gasteiger partial charge in [0.15, 0.2) is 0 Å². The molecule has 2 rings (SSSR count). The summed E-state index contributed by atoms with van der Waals surface area (Å²) in [5.41, 5.74) is 1.03. The molecule has 1 aromatic rings. The quantitative estimate of drug-likeness (QED) is 0.791. The number of hydrogen-bond donors (Lipinski definition) is 1. The van der Waals surface area contributed by atoms with Crippen LogP contribution in [0.25, 0.3) is 0 Å². The van der Waals surface area contributed by atoms with Crippen molar-refractivity contribution in [1.82, 2.24) is 5.32 Å². The Morgan fingerprint density at radius 2 is 1.73 bits per heavy atom. The highest BCUT2D eigenvalue weighted by molar-refractivity contribution is 9.10. The van der Waals surface area contributed by atoms with Gasteiger partial charge in [0.1, 0.15) is 0 Å². The lowest BCUT2D eigenvalue weighted by Crippen LogP contribution is -2.37. The number of imide groups is 1. The molecule has 1 aromatic carbocycles. The van der Waals surface area contributed by atoms with Gasteiger partial charge in [-0.3, -0.25) is 14.9 Å². The van der Waals surface area contributed by atoms with Crippen LogP contribution in [-0.4, -0.2) is 11.8 Å². The monoisotopic (exact) mass is 267 g/mol. The van der Waals surface area contributed by atoms with Crippen molar-refractivity contribution in [1.29, 1.82) is 0 Å². The Balaban J connectivity index is 2.27. The summed E-state index contributed by atoms with van der Waals surface area (Å²) < 4.78 is 0.956. The van der Waals surface area contributed by atoms with E-state index in [0.29, 0.717) is 12.8 Å². The van der Waals surface area contributed by atoms with Crippen molar-refractivity contribution in [3.8, 4) is 0 Å². The standard InChI is InChI=1S/C11H10BrNO2/c12-9-4-2-1-3-8(9)7-5-10(14)13-11(15)6-7/h1-4,7H,5-6H2,(H,13,14,15). The maximum Gasteiger partial charge on any atom is 0.227 e. The van der Waals surface area contributed by atoms with Gasteiger partial charge in [-0.25, -0.2) is 0 Å². The van der Waals surface area contributed by atoms with Crippen molar-refractivity contribution in [2.45, 2.75) is 18.8 Å². The number of hydrogen-bond acceptors (Lipinski definition) is 2. The molecule has 1 fully saturated rings. The molecule has 0 saturated carbocycles. The van der Waals surface area contributed by atoms with Gasteiger partial charge in [0, 0.05) is 23.2 Å². The van der Waals surface area contributed by atoms with Crippen LogP contribution in [-0.2, 0) is 9.59 Å². The molecule has 0 spiro atoms. The van der Waals surface area contributed by atoms with Gasteiger partial charge in [-0.15, -0.1) is 0 Å². The van der Waals surface area contributed by atoms with Crippen LogP contribution in [0.2, 0.25) is 0 Å². The zero-order valence-electron chi connectivity index (χ0n) is 8.00. The summed E-state index contributed by atoms with van der Waals surface area (Å²) in [6.07, 6.45) is 0.767. The third kappa shape index (κ3) is 2.26. The van der Waals surface area contributed by atoms with Gasteiger partial charge in [-0.2, -0.15) is 0 Å². The Hall–Kier alpha value is -1.16. The minimum atomic E-state index is -0.188. The minimum absolute atomic E-state index is 0.00169. The van der Waals surface area contributed by atoms with Crippen LogP contribution in [0.4, 0.5) is 0 Å². The van der Waals surface area contributed by atoms with Crippen LogP contribution in [0.5, 0.6) is 0 Å². The summed E-state index contributed by atoms with van der Waals surface area (Å²) >= 11 is 3.43. The van der Waals surface area contributed by atoms with Gasteiger partial charge < -0.3 is 0 Å². The number of piperidine rings is 1. The summed E-state index contributed by atoms with van der Waals surface area (Å²) in [7, 11) is 0. The van der Waals surface area contributed by atoms with Gasteiger partial charge >= 0.3 is 0 Å². The molecule has 1 saturated heterocycles. The number of rotatable bonds is 1. The molecule has 1 aliphatic heterocycles. The molecular formula is C11H10BrNO2. The van der Waals surface area contributed by atoms with Crippen LogP contribution < -0.4 is 5.32 Å². The van der Waals surface area contributed by atoms with E-state index in [1.165, 1.54) is 0 Å². The average molecular weight is 268 g/mol. The fourth-order valence-electron chi connectivity index (χ4n) is 1.80. The zero-order chi connectivity index (χ0) is 10.8. The lowest BCUT2D eigenvalue weighted by Gasteiger charge is -2.21. The van der Waals surface area contributed by atoms with E-state index in [1.54, 1.807) is 0 Å². The number of nitrogens with one attached hydrogen (secondary N) is 1. The summed E-state index contributed by atoms with van der Waals surface area (Å²) in [4.78, 5) is 22.4. The van der Waals surface area contributed by atoms with Crippen molar-refractivity contribution < 1.29 is 9.59 Å². The van der Waals surface area contributed by atoms with Gasteiger partial charge in [-0.1, -0.05) is 34.1 Å². The summed E-state index contributed by atoms with van der Waals surface area (Å²) in [5, 5.41) is 2.31. The molecule has 1 heterocycles. The highest BCUT2D eigenvalue weighted by atomic mass is 79.9. The fourth-order valence-corrected chi connectivity index (χ4v) is 2.41. The first kappa shape index (κ1) is 10.4. The highest BCUT2D eigenvalue weighted by Crippen LogP contribution is 2.31. The first-order chi connectivity index (χ1) is 7.16. The lowest BCUT2D eigenvalue weighted by atomic mass is 9.89. The van der Waals surface area contributed by atoms with Crippen molar-refractivity contribution in [3.63, 3.8) is 0 Å². The Morgan fingerprint density at radius 1 is 1.13 bits per heavy atom. The van der Waals surface area contributed by atoms with Crippen LogP contribution >= 0.6 is 15.9 Å². The van der Waals surface area contributed by atoms with Gasteiger partial charge in [0.05, 0.1) is 0 Å². The van der Waals surface area contributed by atoms with E-state index in [4.69, 9.17) is 0 Å². The van der Waals surface area contributed by atoms with Gasteiger partial charge in [0.2, 0.25) is 11.8 Å². The van der Waals surface area contributed by atoms with Crippen LogP contribution in [0.15, 0.2) is 28.7 Å². The number of halogens is 1. The molecule has 3 nitrogen and oxygen atoms in total. The number of carbonyl (C=O) groups is 2. The van der Waals surface area contributed by atoms with Gasteiger partial charge in [0.25, 0.3) is 0 Å². The predicted octanol–water partition coefficient (Wildman–Crippen LogP) is 1.97. The summed E-state index contributed by atoms with van der Waals surface area (Å²) in [6.45, 7) is 0. The normalized spacial score (nSPS) is 17.7. The molecule has 78 valence electrons. The van der Waals surface area contributed by atoms with Gasteiger partial charge in [-0.05, 0) is 11.6 Å². The lowest BCUT2D eigenvalue weighted by molar-refractivity contribution is -0.133. The van der Waals surface area contributed by atoms with Crippen LogP contribution in [0.3, 0.4) is 0 Å². The van der Waals surface area contributed by atoms with Crippen molar-refractivity contribution in [2.75, 3.05) is 0 Å². The Morgan fingerprint density at radius 3 is 2.33 bits per heavy atom. The minimum Gasteiger partial charge on any atom is -0.296 e. The molecule has 0 bridgehead atoms. The molecule has 0 aliphatic carbocycles. The first-order valence-corrected chi connectivity index (χ1v) is 5.53. The molecule has 0 radical (unpaired) electrons. The topological polar surface area (TPSA) is 46.2 Å². The molecule has 2 amide bonds. The second-order valence-corrected chi connectivity index (χ2v) is 4.45.